The zero-order chi connectivity index (χ0) is 25.2. The van der Waals surface area contributed by atoms with Gasteiger partial charge in [-0.1, -0.05) is 37.3 Å². The molecule has 0 bridgehead atoms. The molecule has 0 saturated heterocycles. The van der Waals surface area contributed by atoms with Crippen LogP contribution in [0.25, 0.3) is 0 Å². The number of pyridine rings is 1. The second-order valence-corrected chi connectivity index (χ2v) is 8.57. The molecule has 0 unspecified atom stereocenters. The fourth-order valence-corrected chi connectivity index (χ4v) is 3.62. The molecule has 0 spiro atoms. The predicted octanol–water partition coefficient (Wildman–Crippen LogP) is 4.40. The average molecular weight is 476 g/mol. The highest BCUT2D eigenvalue weighted by molar-refractivity contribution is 5.95. The average Bonchev–Trinajstić information content (AvgIpc) is 2.87. The van der Waals surface area contributed by atoms with Gasteiger partial charge in [-0.05, 0) is 61.2 Å². The molecule has 0 saturated carbocycles. The molecular formula is C28H33N3O4. The van der Waals surface area contributed by atoms with Crippen LogP contribution in [0.2, 0.25) is 0 Å². The molecule has 184 valence electrons. The van der Waals surface area contributed by atoms with Crippen molar-refractivity contribution in [2.45, 2.75) is 46.3 Å². The Hall–Kier alpha value is -3.87. The number of hydrogen-bond donors (Lipinski definition) is 1. The fourth-order valence-electron chi connectivity index (χ4n) is 3.62. The summed E-state index contributed by atoms with van der Waals surface area (Å²) in [6.07, 6.45) is 4.44. The predicted molar refractivity (Wildman–Crippen MR) is 135 cm³/mol. The van der Waals surface area contributed by atoms with Crippen molar-refractivity contribution in [2.75, 3.05) is 13.7 Å². The van der Waals surface area contributed by atoms with Crippen molar-refractivity contribution < 1.29 is 19.1 Å². The summed E-state index contributed by atoms with van der Waals surface area (Å²) < 4.78 is 11.1. The number of carbonyl (C=O) groups is 2. The van der Waals surface area contributed by atoms with E-state index in [9.17, 15) is 9.59 Å². The van der Waals surface area contributed by atoms with Crippen molar-refractivity contribution in [1.82, 2.24) is 15.2 Å². The second kappa shape index (κ2) is 12.6. The monoisotopic (exact) mass is 475 g/mol. The quantitative estimate of drug-likeness (QED) is 0.445. The normalized spacial score (nSPS) is 10.7. The van der Waals surface area contributed by atoms with Gasteiger partial charge in [0.25, 0.3) is 11.8 Å². The molecule has 2 aromatic carbocycles. The number of ether oxygens (including phenoxy) is 2. The Bertz CT molecular complexity index is 1110. The number of amides is 2. The molecule has 1 aromatic heterocycles. The maximum Gasteiger partial charge on any atom is 0.258 e. The van der Waals surface area contributed by atoms with Gasteiger partial charge in [-0.25, -0.2) is 0 Å². The van der Waals surface area contributed by atoms with E-state index in [2.05, 4.69) is 41.5 Å². The van der Waals surface area contributed by atoms with Crippen LogP contribution in [0.1, 0.15) is 47.8 Å². The molecule has 7 nitrogen and oxygen atoms in total. The van der Waals surface area contributed by atoms with Crippen molar-refractivity contribution in [1.29, 1.82) is 0 Å². The minimum atomic E-state index is -0.223. The lowest BCUT2D eigenvalue weighted by Gasteiger charge is -2.24. The molecule has 35 heavy (non-hydrogen) atoms. The van der Waals surface area contributed by atoms with Gasteiger partial charge in [0, 0.05) is 37.1 Å². The summed E-state index contributed by atoms with van der Waals surface area (Å²) in [5.41, 5.74) is 3.70. The molecule has 3 aromatic rings. The Morgan fingerprint density at radius 3 is 2.31 bits per heavy atom. The third-order valence-corrected chi connectivity index (χ3v) is 5.41. The molecule has 0 aliphatic rings. The number of aromatic nitrogens is 1. The van der Waals surface area contributed by atoms with E-state index in [-0.39, 0.29) is 24.5 Å². The van der Waals surface area contributed by atoms with Crippen molar-refractivity contribution >= 4 is 11.8 Å². The number of methoxy groups -OCH3 is 1. The zero-order valence-electron chi connectivity index (χ0n) is 20.8. The third kappa shape index (κ3) is 7.57. The number of rotatable bonds is 11. The minimum absolute atomic E-state index is 0.0250. The third-order valence-electron chi connectivity index (χ3n) is 5.41. The molecule has 0 fully saturated rings. The number of nitrogens with zero attached hydrogens (tertiary/aromatic N) is 2. The smallest absolute Gasteiger partial charge is 0.258 e. The van der Waals surface area contributed by atoms with Gasteiger partial charge >= 0.3 is 0 Å². The van der Waals surface area contributed by atoms with Crippen LogP contribution in [-0.2, 0) is 24.3 Å². The Labute approximate surface area is 207 Å². The van der Waals surface area contributed by atoms with E-state index in [0.717, 1.165) is 17.5 Å². The SMILES string of the molecule is CCc1ccc(CN(Cc2cccnc2)C(=O)c2ccc(OCC(=O)NC(C)C)c(OC)c2)cc1. The van der Waals surface area contributed by atoms with Crippen LogP contribution in [0, 0.1) is 0 Å². The molecule has 0 aliphatic carbocycles. The van der Waals surface area contributed by atoms with Gasteiger partial charge < -0.3 is 19.7 Å². The highest BCUT2D eigenvalue weighted by Crippen LogP contribution is 2.29. The fraction of sp³-hybridized carbons (Fsp3) is 0.321. The minimum Gasteiger partial charge on any atom is -0.493 e. The molecule has 1 heterocycles. The number of aryl methyl sites for hydroxylation is 1. The Morgan fingerprint density at radius 2 is 1.69 bits per heavy atom. The first-order valence-corrected chi connectivity index (χ1v) is 11.8. The molecule has 7 heteroatoms. The summed E-state index contributed by atoms with van der Waals surface area (Å²) in [7, 11) is 1.51. The highest BCUT2D eigenvalue weighted by atomic mass is 16.5. The topological polar surface area (TPSA) is 80.8 Å². The summed E-state index contributed by atoms with van der Waals surface area (Å²) in [5.74, 6) is 0.425. The van der Waals surface area contributed by atoms with E-state index < -0.39 is 0 Å². The number of hydrogen-bond acceptors (Lipinski definition) is 5. The van der Waals surface area contributed by atoms with E-state index in [4.69, 9.17) is 9.47 Å². The molecule has 0 radical (unpaired) electrons. The van der Waals surface area contributed by atoms with Crippen LogP contribution in [0.4, 0.5) is 0 Å². The molecule has 0 aliphatic heterocycles. The van der Waals surface area contributed by atoms with E-state index in [1.54, 1.807) is 35.5 Å². The van der Waals surface area contributed by atoms with Gasteiger partial charge in [0.05, 0.1) is 7.11 Å². The van der Waals surface area contributed by atoms with Crippen LogP contribution in [0.15, 0.2) is 67.0 Å². The van der Waals surface area contributed by atoms with Crippen molar-refractivity contribution in [3.63, 3.8) is 0 Å². The lowest BCUT2D eigenvalue weighted by molar-refractivity contribution is -0.123. The first kappa shape index (κ1) is 25.7. The summed E-state index contributed by atoms with van der Waals surface area (Å²) >= 11 is 0. The van der Waals surface area contributed by atoms with Crippen molar-refractivity contribution in [3.05, 3.63) is 89.2 Å². The lowest BCUT2D eigenvalue weighted by Crippen LogP contribution is -2.34. The number of benzene rings is 2. The highest BCUT2D eigenvalue weighted by Gasteiger charge is 2.19. The van der Waals surface area contributed by atoms with Gasteiger partial charge in [-0.3, -0.25) is 14.6 Å². The first-order valence-electron chi connectivity index (χ1n) is 11.8. The largest absolute Gasteiger partial charge is 0.493 e. The Balaban J connectivity index is 1.81. The first-order chi connectivity index (χ1) is 16.9. The lowest BCUT2D eigenvalue weighted by atomic mass is 10.1. The molecule has 3 rings (SSSR count). The van der Waals surface area contributed by atoms with E-state index in [1.165, 1.54) is 12.7 Å². The maximum absolute atomic E-state index is 13.6. The molecule has 0 atom stereocenters. The van der Waals surface area contributed by atoms with Crippen LogP contribution >= 0.6 is 0 Å². The van der Waals surface area contributed by atoms with Gasteiger partial charge in [0.1, 0.15) is 0 Å². The van der Waals surface area contributed by atoms with Gasteiger partial charge in [-0.2, -0.15) is 0 Å². The number of nitrogens with one attached hydrogen (secondary N) is 1. The molecule has 2 amide bonds. The summed E-state index contributed by atoms with van der Waals surface area (Å²) in [6.45, 7) is 6.61. The molecule has 1 N–H and O–H groups in total. The maximum atomic E-state index is 13.6. The van der Waals surface area contributed by atoms with E-state index in [1.807, 2.05) is 26.0 Å². The second-order valence-electron chi connectivity index (χ2n) is 8.57. The van der Waals surface area contributed by atoms with Gasteiger partial charge in [0.2, 0.25) is 0 Å². The zero-order valence-corrected chi connectivity index (χ0v) is 20.8. The van der Waals surface area contributed by atoms with E-state index >= 15 is 0 Å². The van der Waals surface area contributed by atoms with Crippen molar-refractivity contribution in [2.24, 2.45) is 0 Å². The van der Waals surface area contributed by atoms with Crippen LogP contribution in [-0.4, -0.2) is 41.5 Å². The van der Waals surface area contributed by atoms with Gasteiger partial charge in [0.15, 0.2) is 18.1 Å². The van der Waals surface area contributed by atoms with Crippen LogP contribution in [0.3, 0.4) is 0 Å². The van der Waals surface area contributed by atoms with Crippen LogP contribution in [0.5, 0.6) is 11.5 Å². The standard InChI is InChI=1S/C28H33N3O4/c1-5-21-8-10-22(11-9-21)17-31(18-23-7-6-14-29-16-23)28(33)24-12-13-25(26(15-24)34-4)35-19-27(32)30-20(2)3/h6-16,20H,5,17-19H2,1-4H3,(H,30,32). The number of carbonyl (C=O) groups excluding carboxylic acids is 2. The summed E-state index contributed by atoms with van der Waals surface area (Å²) in [6, 6.07) is 17.1. The molecular weight excluding hydrogens is 442 g/mol. The Kier molecular flexibility index (Phi) is 9.23. The summed E-state index contributed by atoms with van der Waals surface area (Å²) in [4.78, 5) is 31.5. The van der Waals surface area contributed by atoms with Crippen LogP contribution < -0.4 is 14.8 Å². The Morgan fingerprint density at radius 1 is 0.971 bits per heavy atom. The van der Waals surface area contributed by atoms with Gasteiger partial charge in [-0.15, -0.1) is 0 Å². The summed E-state index contributed by atoms with van der Waals surface area (Å²) in [5, 5.41) is 2.78. The van der Waals surface area contributed by atoms with E-state index in [0.29, 0.717) is 30.2 Å². The van der Waals surface area contributed by atoms with Crippen molar-refractivity contribution in [3.8, 4) is 11.5 Å².